The van der Waals surface area contributed by atoms with E-state index in [0.717, 1.165) is 76.7 Å². The van der Waals surface area contributed by atoms with E-state index in [2.05, 4.69) is 20.6 Å². The molecule has 4 rings (SSSR count). The molecule has 0 atom stereocenters. The van der Waals surface area contributed by atoms with Crippen molar-refractivity contribution >= 4 is 81.2 Å². The van der Waals surface area contributed by atoms with Gasteiger partial charge in [-0.2, -0.15) is 0 Å². The maximum atomic E-state index is 12.3. The molecule has 2 amide bonds. The fourth-order valence-electron chi connectivity index (χ4n) is 4.48. The van der Waals surface area contributed by atoms with Crippen LogP contribution in [-0.2, 0) is 9.59 Å². The molecule has 0 aliphatic rings. The third kappa shape index (κ3) is 8.70. The standard InChI is InChI=1S/C29H34N6O2.2ClH/c1-18-14-24(30)22-16-20(10-12-26(22)32-18)34-28(36)8-6-4-3-5-7-9-29(37)35-21-11-13-27-23(17-21)25(31)15-19(2)33-27;;/h10-17H,3-9H2,1-2H3,(H2,30,32)(H2,31,33)(H,34,36)(H,35,37);2*1H. The van der Waals surface area contributed by atoms with E-state index in [1.165, 1.54) is 0 Å². The van der Waals surface area contributed by atoms with E-state index < -0.39 is 0 Å². The van der Waals surface area contributed by atoms with Crippen LogP contribution >= 0.6 is 24.8 Å². The highest BCUT2D eigenvalue weighted by Crippen LogP contribution is 2.25. The molecule has 0 unspecified atom stereocenters. The van der Waals surface area contributed by atoms with E-state index in [1.807, 2.05) is 62.4 Å². The Labute approximate surface area is 241 Å². The van der Waals surface area contributed by atoms with E-state index in [4.69, 9.17) is 11.5 Å². The van der Waals surface area contributed by atoms with Crippen molar-refractivity contribution in [2.45, 2.75) is 58.8 Å². The summed E-state index contributed by atoms with van der Waals surface area (Å²) in [7, 11) is 0. The molecule has 208 valence electrons. The number of nitrogens with zero attached hydrogens (tertiary/aromatic N) is 2. The van der Waals surface area contributed by atoms with E-state index in [0.29, 0.717) is 24.2 Å². The zero-order valence-corrected chi connectivity index (χ0v) is 23.9. The molecule has 4 aromatic rings. The number of hydrogen-bond donors (Lipinski definition) is 4. The summed E-state index contributed by atoms with van der Waals surface area (Å²) in [4.78, 5) is 33.6. The summed E-state index contributed by atoms with van der Waals surface area (Å²) < 4.78 is 0. The average molecular weight is 572 g/mol. The van der Waals surface area contributed by atoms with Gasteiger partial charge in [-0.25, -0.2) is 0 Å². The van der Waals surface area contributed by atoms with Gasteiger partial charge in [0.25, 0.3) is 0 Å². The van der Waals surface area contributed by atoms with Gasteiger partial charge in [0, 0.05) is 57.8 Å². The number of rotatable bonds is 10. The fraction of sp³-hybridized carbons (Fsp3) is 0.310. The number of carbonyl (C=O) groups excluding carboxylic acids is 2. The molecule has 0 aliphatic carbocycles. The number of anilines is 4. The lowest BCUT2D eigenvalue weighted by molar-refractivity contribution is -0.117. The van der Waals surface area contributed by atoms with Gasteiger partial charge in [0.05, 0.1) is 11.0 Å². The number of hydrogen-bond acceptors (Lipinski definition) is 6. The number of pyridine rings is 2. The van der Waals surface area contributed by atoms with Crippen molar-refractivity contribution in [1.29, 1.82) is 0 Å². The molecule has 2 heterocycles. The summed E-state index contributed by atoms with van der Waals surface area (Å²) in [6, 6.07) is 14.8. The smallest absolute Gasteiger partial charge is 0.224 e. The molecule has 10 heteroatoms. The molecular formula is C29H36Cl2N6O2. The van der Waals surface area contributed by atoms with Crippen molar-refractivity contribution in [2.24, 2.45) is 0 Å². The summed E-state index contributed by atoms with van der Waals surface area (Å²) in [6.07, 6.45) is 5.40. The summed E-state index contributed by atoms with van der Waals surface area (Å²) in [5.41, 5.74) is 18.3. The lowest BCUT2D eigenvalue weighted by Gasteiger charge is -2.09. The van der Waals surface area contributed by atoms with Crippen molar-refractivity contribution in [3.8, 4) is 0 Å². The Balaban J connectivity index is 0.00000267. The molecule has 39 heavy (non-hydrogen) atoms. The highest BCUT2D eigenvalue weighted by Gasteiger charge is 2.08. The van der Waals surface area contributed by atoms with Gasteiger partial charge in [0.2, 0.25) is 11.8 Å². The highest BCUT2D eigenvalue weighted by atomic mass is 35.5. The van der Waals surface area contributed by atoms with Crippen molar-refractivity contribution < 1.29 is 9.59 Å². The first-order valence-electron chi connectivity index (χ1n) is 12.7. The van der Waals surface area contributed by atoms with Crippen LogP contribution in [0.2, 0.25) is 0 Å². The fourth-order valence-corrected chi connectivity index (χ4v) is 4.48. The maximum absolute atomic E-state index is 12.3. The first kappa shape index (κ1) is 31.6. The summed E-state index contributed by atoms with van der Waals surface area (Å²) >= 11 is 0. The van der Waals surface area contributed by atoms with Crippen LogP contribution in [0.3, 0.4) is 0 Å². The lowest BCUT2D eigenvalue weighted by Crippen LogP contribution is -2.11. The Bertz CT molecular complexity index is 1350. The first-order chi connectivity index (χ1) is 17.8. The Morgan fingerprint density at radius 3 is 1.44 bits per heavy atom. The van der Waals surface area contributed by atoms with Crippen molar-refractivity contribution in [3.63, 3.8) is 0 Å². The zero-order valence-electron chi connectivity index (χ0n) is 22.3. The molecule has 0 bridgehead atoms. The minimum atomic E-state index is -0.0150. The van der Waals surface area contributed by atoms with Gasteiger partial charge in [-0.05, 0) is 75.2 Å². The third-order valence-corrected chi connectivity index (χ3v) is 6.31. The summed E-state index contributed by atoms with van der Waals surface area (Å²) in [6.45, 7) is 3.81. The van der Waals surface area contributed by atoms with E-state index in [9.17, 15) is 9.59 Å². The van der Waals surface area contributed by atoms with Gasteiger partial charge >= 0.3 is 0 Å². The van der Waals surface area contributed by atoms with Crippen LogP contribution in [0.4, 0.5) is 22.7 Å². The molecule has 6 N–H and O–H groups in total. The van der Waals surface area contributed by atoms with Crippen LogP contribution in [0.15, 0.2) is 48.5 Å². The average Bonchev–Trinajstić information content (AvgIpc) is 2.84. The molecule has 0 fully saturated rings. The topological polar surface area (TPSA) is 136 Å². The highest BCUT2D eigenvalue weighted by molar-refractivity contribution is 5.98. The van der Waals surface area contributed by atoms with Gasteiger partial charge in [0.1, 0.15) is 0 Å². The molecular weight excluding hydrogens is 535 g/mol. The van der Waals surface area contributed by atoms with Crippen LogP contribution in [0.5, 0.6) is 0 Å². The van der Waals surface area contributed by atoms with Gasteiger partial charge in [0.15, 0.2) is 0 Å². The minimum absolute atomic E-state index is 0. The second kappa shape index (κ2) is 14.5. The minimum Gasteiger partial charge on any atom is -0.398 e. The number of carbonyl (C=O) groups is 2. The van der Waals surface area contributed by atoms with Gasteiger partial charge in [-0.1, -0.05) is 19.3 Å². The Morgan fingerprint density at radius 2 is 1.03 bits per heavy atom. The van der Waals surface area contributed by atoms with Crippen molar-refractivity contribution in [2.75, 3.05) is 22.1 Å². The number of amides is 2. The van der Waals surface area contributed by atoms with E-state index in [-0.39, 0.29) is 36.6 Å². The Hall–Kier alpha value is -3.62. The quantitative estimate of drug-likeness (QED) is 0.156. The monoisotopic (exact) mass is 570 g/mol. The number of aromatic nitrogens is 2. The molecule has 0 spiro atoms. The summed E-state index contributed by atoms with van der Waals surface area (Å²) in [5, 5.41) is 7.57. The predicted octanol–water partition coefficient (Wildman–Crippen LogP) is 6.72. The Kier molecular flexibility index (Phi) is 11.8. The number of unbranched alkanes of at least 4 members (excludes halogenated alkanes) is 4. The molecule has 2 aromatic heterocycles. The van der Waals surface area contributed by atoms with Crippen LogP contribution in [-0.4, -0.2) is 21.8 Å². The number of nitrogen functional groups attached to an aromatic ring is 2. The van der Waals surface area contributed by atoms with Crippen LogP contribution in [0.1, 0.15) is 56.3 Å². The number of benzene rings is 2. The van der Waals surface area contributed by atoms with Crippen molar-refractivity contribution in [3.05, 3.63) is 59.9 Å². The normalized spacial score (nSPS) is 10.5. The largest absolute Gasteiger partial charge is 0.398 e. The zero-order chi connectivity index (χ0) is 26.4. The van der Waals surface area contributed by atoms with Gasteiger partial charge in [-0.3, -0.25) is 19.6 Å². The van der Waals surface area contributed by atoms with Crippen LogP contribution in [0, 0.1) is 13.8 Å². The number of nitrogens with two attached hydrogens (primary N) is 2. The van der Waals surface area contributed by atoms with Gasteiger partial charge in [-0.15, -0.1) is 24.8 Å². The van der Waals surface area contributed by atoms with Crippen LogP contribution in [0.25, 0.3) is 21.8 Å². The molecule has 0 radical (unpaired) electrons. The predicted molar refractivity (Wildman–Crippen MR) is 166 cm³/mol. The maximum Gasteiger partial charge on any atom is 0.224 e. The SMILES string of the molecule is Cc1cc(N)c2cc(NC(=O)CCCCCCCC(=O)Nc3ccc4nc(C)cc(N)c4c3)ccc2n1.Cl.Cl. The molecule has 2 aromatic carbocycles. The number of halogens is 2. The van der Waals surface area contributed by atoms with E-state index >= 15 is 0 Å². The van der Waals surface area contributed by atoms with E-state index in [1.54, 1.807) is 0 Å². The number of aryl methyl sites for hydroxylation is 2. The molecule has 0 saturated heterocycles. The number of fused-ring (bicyclic) bond motifs is 2. The molecule has 8 nitrogen and oxygen atoms in total. The Morgan fingerprint density at radius 1 is 0.641 bits per heavy atom. The van der Waals surface area contributed by atoms with Gasteiger partial charge < -0.3 is 22.1 Å². The number of nitrogens with one attached hydrogen (secondary N) is 2. The summed E-state index contributed by atoms with van der Waals surface area (Å²) in [5.74, 6) is -0.0301. The van der Waals surface area contributed by atoms with Crippen LogP contribution < -0.4 is 22.1 Å². The molecule has 0 saturated carbocycles. The first-order valence-corrected chi connectivity index (χ1v) is 12.7. The second-order valence-electron chi connectivity index (χ2n) is 9.53. The second-order valence-corrected chi connectivity index (χ2v) is 9.53. The lowest BCUT2D eigenvalue weighted by atomic mass is 10.1. The molecule has 0 aliphatic heterocycles. The third-order valence-electron chi connectivity index (χ3n) is 6.31. The van der Waals surface area contributed by atoms with Crippen molar-refractivity contribution in [1.82, 2.24) is 9.97 Å².